The SMILES string of the molecule is CNCc1cc(OCc2cc(Cl)ccc2F)n(C[C@]2(C)CCCCO2)n1. The molecule has 0 unspecified atom stereocenters. The average molecular weight is 382 g/mol. The predicted molar refractivity (Wildman–Crippen MR) is 98.9 cm³/mol. The summed E-state index contributed by atoms with van der Waals surface area (Å²) in [7, 11) is 1.87. The summed E-state index contributed by atoms with van der Waals surface area (Å²) in [6.07, 6.45) is 3.22. The molecule has 1 aromatic carbocycles. The van der Waals surface area contributed by atoms with Crippen LogP contribution in [-0.2, 0) is 24.4 Å². The highest BCUT2D eigenvalue weighted by Crippen LogP contribution is 2.28. The number of hydrogen-bond donors (Lipinski definition) is 1. The van der Waals surface area contributed by atoms with E-state index in [0.717, 1.165) is 31.6 Å². The molecule has 1 aliphatic rings. The van der Waals surface area contributed by atoms with Gasteiger partial charge in [0, 0.05) is 29.8 Å². The van der Waals surface area contributed by atoms with E-state index >= 15 is 0 Å². The lowest BCUT2D eigenvalue weighted by molar-refractivity contribution is -0.0783. The van der Waals surface area contributed by atoms with Gasteiger partial charge in [0.2, 0.25) is 5.88 Å². The Bertz CT molecular complexity index is 744. The zero-order valence-corrected chi connectivity index (χ0v) is 16.0. The van der Waals surface area contributed by atoms with Gasteiger partial charge in [0.05, 0.1) is 17.8 Å². The summed E-state index contributed by atoms with van der Waals surface area (Å²) in [5.41, 5.74) is 1.02. The van der Waals surface area contributed by atoms with E-state index in [0.29, 0.717) is 29.6 Å². The fraction of sp³-hybridized carbons (Fsp3) is 0.526. The van der Waals surface area contributed by atoms with E-state index in [1.807, 2.05) is 17.8 Å². The third-order valence-corrected chi connectivity index (χ3v) is 4.80. The first-order valence-electron chi connectivity index (χ1n) is 8.91. The van der Waals surface area contributed by atoms with Crippen LogP contribution in [0.4, 0.5) is 4.39 Å². The Balaban J connectivity index is 1.77. The molecule has 1 N–H and O–H groups in total. The minimum Gasteiger partial charge on any atom is -0.473 e. The number of aromatic nitrogens is 2. The molecule has 0 radical (unpaired) electrons. The molecule has 2 aromatic rings. The van der Waals surface area contributed by atoms with Crippen molar-refractivity contribution < 1.29 is 13.9 Å². The summed E-state index contributed by atoms with van der Waals surface area (Å²) in [5, 5.41) is 8.19. The lowest BCUT2D eigenvalue weighted by Crippen LogP contribution is -2.37. The van der Waals surface area contributed by atoms with Crippen molar-refractivity contribution in [2.24, 2.45) is 0 Å². The molecule has 0 spiro atoms. The van der Waals surface area contributed by atoms with Crippen molar-refractivity contribution in [1.82, 2.24) is 15.1 Å². The Morgan fingerprint density at radius 1 is 1.38 bits per heavy atom. The predicted octanol–water partition coefficient (Wildman–Crippen LogP) is 3.93. The van der Waals surface area contributed by atoms with E-state index < -0.39 is 0 Å². The molecular formula is C19H25ClFN3O2. The summed E-state index contributed by atoms with van der Waals surface area (Å²) >= 11 is 5.96. The average Bonchev–Trinajstić information content (AvgIpc) is 2.97. The number of halogens is 2. The molecule has 1 saturated heterocycles. The molecular weight excluding hydrogens is 357 g/mol. The molecule has 7 heteroatoms. The fourth-order valence-electron chi connectivity index (χ4n) is 3.19. The summed E-state index contributed by atoms with van der Waals surface area (Å²) in [6.45, 7) is 4.20. The number of benzene rings is 1. The van der Waals surface area contributed by atoms with Gasteiger partial charge in [-0.25, -0.2) is 9.07 Å². The van der Waals surface area contributed by atoms with Crippen LogP contribution in [0.2, 0.25) is 5.02 Å². The highest BCUT2D eigenvalue weighted by Gasteiger charge is 2.30. The molecule has 1 fully saturated rings. The van der Waals surface area contributed by atoms with Gasteiger partial charge < -0.3 is 14.8 Å². The molecule has 3 rings (SSSR count). The summed E-state index contributed by atoms with van der Waals surface area (Å²) in [6, 6.07) is 6.33. The van der Waals surface area contributed by atoms with Gasteiger partial charge in [0.25, 0.3) is 0 Å². The number of nitrogens with one attached hydrogen (secondary N) is 1. The van der Waals surface area contributed by atoms with E-state index in [2.05, 4.69) is 17.3 Å². The largest absolute Gasteiger partial charge is 0.473 e. The molecule has 0 saturated carbocycles. The van der Waals surface area contributed by atoms with Crippen LogP contribution in [0.3, 0.4) is 0 Å². The third-order valence-electron chi connectivity index (χ3n) is 4.57. The highest BCUT2D eigenvalue weighted by molar-refractivity contribution is 6.30. The van der Waals surface area contributed by atoms with Crippen molar-refractivity contribution in [1.29, 1.82) is 0 Å². The van der Waals surface area contributed by atoms with Crippen LogP contribution in [0.25, 0.3) is 0 Å². The van der Waals surface area contributed by atoms with Crippen molar-refractivity contribution in [2.75, 3.05) is 13.7 Å². The molecule has 1 aliphatic heterocycles. The maximum absolute atomic E-state index is 13.9. The van der Waals surface area contributed by atoms with Crippen LogP contribution in [0.1, 0.15) is 37.4 Å². The van der Waals surface area contributed by atoms with Gasteiger partial charge in [-0.3, -0.25) is 0 Å². The highest BCUT2D eigenvalue weighted by atomic mass is 35.5. The van der Waals surface area contributed by atoms with E-state index in [4.69, 9.17) is 21.1 Å². The quantitative estimate of drug-likeness (QED) is 0.789. The standard InChI is InChI=1S/C19H25ClFN3O2/c1-19(7-3-4-8-26-19)13-24-18(10-16(23-24)11-22-2)25-12-14-9-15(20)5-6-17(14)21/h5-6,9-10,22H,3-4,7-8,11-13H2,1-2H3/t19-/m0/s1. The van der Waals surface area contributed by atoms with Crippen molar-refractivity contribution in [3.05, 3.63) is 46.4 Å². The number of hydrogen-bond acceptors (Lipinski definition) is 4. The van der Waals surface area contributed by atoms with Gasteiger partial charge in [0.15, 0.2) is 0 Å². The summed E-state index contributed by atoms with van der Waals surface area (Å²) in [4.78, 5) is 0. The first-order chi connectivity index (χ1) is 12.5. The smallest absolute Gasteiger partial charge is 0.212 e. The number of ether oxygens (including phenoxy) is 2. The van der Waals surface area contributed by atoms with Gasteiger partial charge in [-0.05, 0) is 51.4 Å². The lowest BCUT2D eigenvalue weighted by atomic mass is 9.96. The minimum atomic E-state index is -0.335. The van der Waals surface area contributed by atoms with E-state index in [9.17, 15) is 4.39 Å². The Hall–Kier alpha value is -1.63. The normalized spacial score (nSPS) is 20.3. The lowest BCUT2D eigenvalue weighted by Gasteiger charge is -2.34. The maximum atomic E-state index is 13.9. The molecule has 0 aliphatic carbocycles. The molecule has 1 atom stereocenters. The second-order valence-electron chi connectivity index (χ2n) is 6.94. The fourth-order valence-corrected chi connectivity index (χ4v) is 3.38. The number of nitrogens with zero attached hydrogens (tertiary/aromatic N) is 2. The second kappa shape index (κ2) is 8.37. The minimum absolute atomic E-state index is 0.0919. The monoisotopic (exact) mass is 381 g/mol. The van der Waals surface area contributed by atoms with Crippen molar-refractivity contribution in [3.63, 3.8) is 0 Å². The third kappa shape index (κ3) is 4.75. The Kier molecular flexibility index (Phi) is 6.16. The van der Waals surface area contributed by atoms with Gasteiger partial charge in [0.1, 0.15) is 12.4 Å². The Morgan fingerprint density at radius 2 is 2.23 bits per heavy atom. The van der Waals surface area contributed by atoms with Crippen LogP contribution in [0.15, 0.2) is 24.3 Å². The topological polar surface area (TPSA) is 48.3 Å². The Labute approximate surface area is 158 Å². The van der Waals surface area contributed by atoms with E-state index in [1.165, 1.54) is 12.1 Å². The van der Waals surface area contributed by atoms with Crippen LogP contribution in [-0.4, -0.2) is 29.0 Å². The van der Waals surface area contributed by atoms with Crippen LogP contribution in [0.5, 0.6) is 5.88 Å². The van der Waals surface area contributed by atoms with Crippen LogP contribution >= 0.6 is 11.6 Å². The Morgan fingerprint density at radius 3 is 2.96 bits per heavy atom. The molecule has 0 amide bonds. The van der Waals surface area contributed by atoms with Gasteiger partial charge in [-0.15, -0.1) is 0 Å². The van der Waals surface area contributed by atoms with Crippen molar-refractivity contribution in [3.8, 4) is 5.88 Å². The number of rotatable bonds is 7. The maximum Gasteiger partial charge on any atom is 0.212 e. The van der Waals surface area contributed by atoms with E-state index in [-0.39, 0.29) is 18.0 Å². The molecule has 0 bridgehead atoms. The summed E-state index contributed by atoms with van der Waals surface area (Å²) < 4.78 is 27.6. The zero-order valence-electron chi connectivity index (χ0n) is 15.2. The first kappa shape index (κ1) is 19.1. The molecule has 1 aromatic heterocycles. The van der Waals surface area contributed by atoms with Gasteiger partial charge in [-0.1, -0.05) is 11.6 Å². The molecule has 2 heterocycles. The van der Waals surface area contributed by atoms with Crippen LogP contribution in [0, 0.1) is 5.82 Å². The summed E-state index contributed by atoms with van der Waals surface area (Å²) in [5.74, 6) is 0.267. The zero-order chi connectivity index (χ0) is 18.6. The van der Waals surface area contributed by atoms with Crippen LogP contribution < -0.4 is 10.1 Å². The van der Waals surface area contributed by atoms with Crippen molar-refractivity contribution in [2.45, 2.75) is 51.5 Å². The second-order valence-corrected chi connectivity index (χ2v) is 7.38. The first-order valence-corrected chi connectivity index (χ1v) is 9.29. The molecule has 142 valence electrons. The van der Waals surface area contributed by atoms with Gasteiger partial charge >= 0.3 is 0 Å². The van der Waals surface area contributed by atoms with E-state index in [1.54, 1.807) is 6.07 Å². The van der Waals surface area contributed by atoms with Crippen molar-refractivity contribution >= 4 is 11.6 Å². The van der Waals surface area contributed by atoms with Gasteiger partial charge in [-0.2, -0.15) is 5.10 Å². The molecule has 26 heavy (non-hydrogen) atoms. The molecule has 5 nitrogen and oxygen atoms in total.